The van der Waals surface area contributed by atoms with Crippen molar-refractivity contribution < 1.29 is 5.11 Å². The van der Waals surface area contributed by atoms with E-state index in [0.29, 0.717) is 48.8 Å². The van der Waals surface area contributed by atoms with E-state index in [2.05, 4.69) is 93.3 Å². The Bertz CT molecular complexity index is 460. The molecule has 36 heavy (non-hydrogen) atoms. The smallest absolute Gasteiger partial charge is 0.0460 e. The lowest BCUT2D eigenvalue weighted by Crippen LogP contribution is -2.52. The second-order valence-corrected chi connectivity index (χ2v) is 11.7. The highest BCUT2D eigenvalue weighted by atomic mass is 16.3. The highest BCUT2D eigenvalue weighted by Gasteiger charge is 2.28. The Hall–Kier alpha value is -0.320. The van der Waals surface area contributed by atoms with Crippen LogP contribution in [0, 0.1) is 11.8 Å². The summed E-state index contributed by atoms with van der Waals surface area (Å²) in [6.45, 7) is 17.9. The predicted molar refractivity (Wildman–Crippen MR) is 158 cm³/mol. The van der Waals surface area contributed by atoms with Crippen molar-refractivity contribution in [2.45, 2.75) is 103 Å². The third-order valence-electron chi connectivity index (χ3n) is 8.69. The standard InChI is InChI=1S/C9H20N2.C9H19NO.C7H16N2.C3H10N2/c1-7-4-9(6-10)5-8(2)11(7)3;1-7-4-9(6-11)5-8(2)10(7)3;1-6-4-8-5-7(2)9(6)3;1-4-3-5-2/h7-9H,4-6,10H2,1-3H3;7-9,11H,4-6H2,1-3H3;6-8H,4-5H2,1-3H3;4-5H,3H2,1-2H3. The number of hydrogen-bond acceptors (Lipinski definition) is 8. The normalized spacial score (nSPS) is 35.9. The van der Waals surface area contributed by atoms with E-state index in [1.165, 1.54) is 12.8 Å². The molecule has 0 radical (unpaired) electrons. The van der Waals surface area contributed by atoms with Gasteiger partial charge in [0, 0.05) is 62.6 Å². The molecule has 0 spiro atoms. The molecule has 0 aromatic heterocycles. The Kier molecular flexibility index (Phi) is 19.5. The molecule has 6 unspecified atom stereocenters. The van der Waals surface area contributed by atoms with Crippen molar-refractivity contribution in [3.63, 3.8) is 0 Å². The molecule has 3 aliphatic rings. The minimum absolute atomic E-state index is 0.364. The van der Waals surface area contributed by atoms with Gasteiger partial charge in [0.15, 0.2) is 0 Å². The molecule has 0 aromatic rings. The molecular weight excluding hydrogens is 450 g/mol. The van der Waals surface area contributed by atoms with Gasteiger partial charge in [-0.2, -0.15) is 0 Å². The average molecular weight is 516 g/mol. The molecule has 6 N–H and O–H groups in total. The Labute approximate surface area is 225 Å². The summed E-state index contributed by atoms with van der Waals surface area (Å²) in [7, 11) is 10.4. The van der Waals surface area contributed by atoms with Crippen molar-refractivity contribution in [2.24, 2.45) is 17.6 Å². The van der Waals surface area contributed by atoms with Gasteiger partial charge in [0.05, 0.1) is 0 Å². The third-order valence-corrected chi connectivity index (χ3v) is 8.69. The van der Waals surface area contributed by atoms with E-state index >= 15 is 0 Å². The number of hydrogen-bond donors (Lipinski definition) is 5. The molecule has 0 amide bonds. The fraction of sp³-hybridized carbons (Fsp3) is 1.00. The fourth-order valence-corrected chi connectivity index (χ4v) is 5.40. The quantitative estimate of drug-likeness (QED) is 0.362. The van der Waals surface area contributed by atoms with Gasteiger partial charge in [0.1, 0.15) is 0 Å². The molecule has 8 heteroatoms. The second kappa shape index (κ2) is 19.7. The minimum Gasteiger partial charge on any atom is -0.396 e. The average Bonchev–Trinajstić information content (AvgIpc) is 2.85. The van der Waals surface area contributed by atoms with Crippen LogP contribution in [0.2, 0.25) is 0 Å². The van der Waals surface area contributed by atoms with Gasteiger partial charge >= 0.3 is 0 Å². The molecule has 6 atom stereocenters. The number of nitrogens with zero attached hydrogens (tertiary/aromatic N) is 3. The summed E-state index contributed by atoms with van der Waals surface area (Å²) in [6, 6.07) is 4.11. The van der Waals surface area contributed by atoms with Gasteiger partial charge < -0.3 is 36.6 Å². The van der Waals surface area contributed by atoms with Crippen LogP contribution in [0.25, 0.3) is 0 Å². The molecule has 3 heterocycles. The second-order valence-electron chi connectivity index (χ2n) is 11.7. The monoisotopic (exact) mass is 516 g/mol. The molecule has 218 valence electrons. The van der Waals surface area contributed by atoms with Gasteiger partial charge in [-0.3, -0.25) is 4.90 Å². The molecule has 0 aliphatic carbocycles. The maximum absolute atomic E-state index is 8.99. The van der Waals surface area contributed by atoms with E-state index in [4.69, 9.17) is 10.8 Å². The van der Waals surface area contributed by atoms with Gasteiger partial charge in [-0.1, -0.05) is 0 Å². The number of aliphatic hydroxyl groups excluding tert-OH is 1. The summed E-state index contributed by atoms with van der Waals surface area (Å²) in [6.07, 6.45) is 4.85. The molecule has 0 saturated carbocycles. The van der Waals surface area contributed by atoms with Crippen LogP contribution in [0.4, 0.5) is 0 Å². The zero-order valence-electron chi connectivity index (χ0n) is 25.8. The first-order valence-electron chi connectivity index (χ1n) is 14.4. The zero-order valence-corrected chi connectivity index (χ0v) is 25.8. The highest BCUT2D eigenvalue weighted by molar-refractivity contribution is 4.83. The van der Waals surface area contributed by atoms with Gasteiger partial charge in [-0.25, -0.2) is 0 Å². The lowest BCUT2D eigenvalue weighted by molar-refractivity contribution is 0.0680. The first-order valence-corrected chi connectivity index (χ1v) is 14.4. The number of piperidine rings is 2. The molecule has 3 fully saturated rings. The van der Waals surface area contributed by atoms with Crippen molar-refractivity contribution in [1.29, 1.82) is 0 Å². The summed E-state index contributed by atoms with van der Waals surface area (Å²) < 4.78 is 0. The number of likely N-dealkylation sites (N-methyl/N-ethyl adjacent to an activating group) is 1. The van der Waals surface area contributed by atoms with E-state index in [0.717, 1.165) is 45.1 Å². The van der Waals surface area contributed by atoms with Crippen LogP contribution >= 0.6 is 0 Å². The van der Waals surface area contributed by atoms with Gasteiger partial charge in [-0.05, 0) is 121 Å². The molecule has 3 saturated heterocycles. The van der Waals surface area contributed by atoms with Crippen molar-refractivity contribution in [3.8, 4) is 0 Å². The summed E-state index contributed by atoms with van der Waals surface area (Å²) in [5, 5.41) is 18.2. The first-order chi connectivity index (χ1) is 16.9. The van der Waals surface area contributed by atoms with Crippen molar-refractivity contribution >= 4 is 0 Å². The van der Waals surface area contributed by atoms with Gasteiger partial charge in [0.25, 0.3) is 0 Å². The molecular formula is C28H65N7O. The van der Waals surface area contributed by atoms with Crippen molar-refractivity contribution in [1.82, 2.24) is 30.7 Å². The van der Waals surface area contributed by atoms with Crippen LogP contribution in [-0.2, 0) is 0 Å². The van der Waals surface area contributed by atoms with Crippen molar-refractivity contribution in [2.75, 3.05) is 68.1 Å². The van der Waals surface area contributed by atoms with Crippen LogP contribution < -0.4 is 21.7 Å². The van der Waals surface area contributed by atoms with Crippen molar-refractivity contribution in [3.05, 3.63) is 0 Å². The number of piperazine rings is 1. The highest BCUT2D eigenvalue weighted by Crippen LogP contribution is 2.26. The van der Waals surface area contributed by atoms with E-state index in [1.54, 1.807) is 0 Å². The lowest BCUT2D eigenvalue weighted by atomic mass is 9.88. The maximum atomic E-state index is 8.99. The van der Waals surface area contributed by atoms with Crippen LogP contribution in [0.5, 0.6) is 0 Å². The number of rotatable bonds is 4. The maximum Gasteiger partial charge on any atom is 0.0460 e. The Morgan fingerprint density at radius 3 is 1.25 bits per heavy atom. The molecule has 3 aliphatic heterocycles. The summed E-state index contributed by atoms with van der Waals surface area (Å²) >= 11 is 0. The van der Waals surface area contributed by atoms with E-state index in [-0.39, 0.29) is 0 Å². The SMILES string of the molecule is CC1CC(CN)CC(C)N1C.CC1CC(CO)CC(C)N1C.CC1CNCC(C)N1C.CNCNC. The zero-order chi connectivity index (χ0) is 27.8. The van der Waals surface area contributed by atoms with Gasteiger partial charge in [0.2, 0.25) is 0 Å². The van der Waals surface area contributed by atoms with E-state index in [9.17, 15) is 0 Å². The first kappa shape index (κ1) is 35.7. The van der Waals surface area contributed by atoms with Gasteiger partial charge in [-0.15, -0.1) is 0 Å². The number of nitrogens with one attached hydrogen (secondary N) is 3. The summed E-state index contributed by atoms with van der Waals surface area (Å²) in [5.41, 5.74) is 5.65. The number of nitrogens with two attached hydrogens (primary N) is 1. The lowest BCUT2D eigenvalue weighted by Gasteiger charge is -2.39. The minimum atomic E-state index is 0.364. The van der Waals surface area contributed by atoms with Crippen LogP contribution in [0.3, 0.4) is 0 Å². The Balaban J connectivity index is 0.000000470. The molecule has 8 nitrogen and oxygen atoms in total. The third kappa shape index (κ3) is 13.5. The van der Waals surface area contributed by atoms with Crippen LogP contribution in [0.1, 0.15) is 67.2 Å². The molecule has 0 aromatic carbocycles. The topological polar surface area (TPSA) is 92.1 Å². The van der Waals surface area contributed by atoms with Crippen LogP contribution in [-0.4, -0.2) is 124 Å². The molecule has 0 bridgehead atoms. The summed E-state index contributed by atoms with van der Waals surface area (Å²) in [5.74, 6) is 1.30. The largest absolute Gasteiger partial charge is 0.396 e. The summed E-state index contributed by atoms with van der Waals surface area (Å²) in [4.78, 5) is 7.26. The van der Waals surface area contributed by atoms with E-state index < -0.39 is 0 Å². The Morgan fingerprint density at radius 2 is 1.00 bits per heavy atom. The molecule has 3 rings (SSSR count). The van der Waals surface area contributed by atoms with Crippen LogP contribution in [0.15, 0.2) is 0 Å². The predicted octanol–water partition coefficient (Wildman–Crippen LogP) is 1.84. The number of aliphatic hydroxyl groups is 1. The van der Waals surface area contributed by atoms with E-state index in [1.807, 2.05) is 14.1 Å². The fourth-order valence-electron chi connectivity index (χ4n) is 5.40. The Morgan fingerprint density at radius 1 is 0.667 bits per heavy atom. The number of likely N-dealkylation sites (tertiary alicyclic amines) is 2.